The van der Waals surface area contributed by atoms with Gasteiger partial charge in [0.25, 0.3) is 0 Å². The van der Waals surface area contributed by atoms with Crippen LogP contribution in [0.3, 0.4) is 0 Å². The highest BCUT2D eigenvalue weighted by Gasteiger charge is 2.29. The van der Waals surface area contributed by atoms with Gasteiger partial charge in [-0.05, 0) is 31.2 Å². The van der Waals surface area contributed by atoms with Crippen LogP contribution in [0.2, 0.25) is 0 Å². The van der Waals surface area contributed by atoms with Crippen LogP contribution in [0.4, 0.5) is 5.13 Å². The summed E-state index contributed by atoms with van der Waals surface area (Å²) in [7, 11) is 0. The van der Waals surface area contributed by atoms with Gasteiger partial charge in [0.05, 0.1) is 12.1 Å². The molecule has 9 heteroatoms. The molecule has 2 aromatic rings. The largest absolute Gasteiger partial charge is 0.481 e. The number of aromatic nitrogens is 4. The van der Waals surface area contributed by atoms with Gasteiger partial charge in [-0.25, -0.2) is 9.97 Å². The van der Waals surface area contributed by atoms with Gasteiger partial charge in [0, 0.05) is 18.5 Å². The van der Waals surface area contributed by atoms with E-state index >= 15 is 0 Å². The summed E-state index contributed by atoms with van der Waals surface area (Å²) in [4.78, 5) is 30.6. The van der Waals surface area contributed by atoms with Crippen LogP contribution in [0.1, 0.15) is 42.3 Å². The summed E-state index contributed by atoms with van der Waals surface area (Å²) in [5.41, 5.74) is 0.638. The molecule has 1 aliphatic carbocycles. The first-order valence-electron chi connectivity index (χ1n) is 7.70. The van der Waals surface area contributed by atoms with Crippen molar-refractivity contribution in [3.8, 4) is 0 Å². The van der Waals surface area contributed by atoms with Crippen LogP contribution in [0.15, 0.2) is 18.6 Å². The van der Waals surface area contributed by atoms with E-state index in [1.165, 1.54) is 17.7 Å². The van der Waals surface area contributed by atoms with Gasteiger partial charge in [-0.1, -0.05) is 11.3 Å². The molecule has 0 radical (unpaired) electrons. The molecule has 1 amide bonds. The second-order valence-corrected chi connectivity index (χ2v) is 6.85. The van der Waals surface area contributed by atoms with E-state index in [1.54, 1.807) is 12.3 Å². The first kappa shape index (κ1) is 16.4. The lowest BCUT2D eigenvalue weighted by molar-refractivity contribution is -0.138. The van der Waals surface area contributed by atoms with Crippen LogP contribution in [0.25, 0.3) is 0 Å². The second-order valence-electron chi connectivity index (χ2n) is 5.84. The first-order chi connectivity index (χ1) is 11.6. The zero-order valence-electron chi connectivity index (χ0n) is 12.9. The Hall–Kier alpha value is -2.42. The Morgan fingerprint density at radius 2 is 2.21 bits per heavy atom. The highest BCUT2D eigenvalue weighted by Crippen LogP contribution is 2.41. The standard InChI is InChI=1S/C15H17N5O3S/c21-12(7-11-3-4-16-8-17-11)18-15-20-19-14(24-15)10-2-1-9(5-10)6-13(22)23/h3-4,8-10H,1-2,5-7H2,(H,22,23)(H,18,20,21)/t9?,10-/m0/s1. The van der Waals surface area contributed by atoms with Gasteiger partial charge < -0.3 is 10.4 Å². The number of carboxylic acids is 1. The van der Waals surface area contributed by atoms with Crippen LogP contribution in [-0.4, -0.2) is 37.1 Å². The van der Waals surface area contributed by atoms with Gasteiger partial charge in [0.1, 0.15) is 11.3 Å². The van der Waals surface area contributed by atoms with Gasteiger partial charge >= 0.3 is 5.97 Å². The van der Waals surface area contributed by atoms with E-state index in [1.807, 2.05) is 0 Å². The number of carbonyl (C=O) groups excluding carboxylic acids is 1. The molecule has 0 aliphatic heterocycles. The fourth-order valence-corrected chi connectivity index (χ4v) is 3.84. The van der Waals surface area contributed by atoms with E-state index in [-0.39, 0.29) is 30.6 Å². The van der Waals surface area contributed by atoms with Crippen molar-refractivity contribution in [1.29, 1.82) is 0 Å². The molecule has 1 aliphatic rings. The number of hydrogen-bond acceptors (Lipinski definition) is 7. The van der Waals surface area contributed by atoms with Crippen molar-refractivity contribution in [2.24, 2.45) is 5.92 Å². The van der Waals surface area contributed by atoms with Crippen molar-refractivity contribution >= 4 is 28.3 Å². The van der Waals surface area contributed by atoms with Crippen molar-refractivity contribution in [3.05, 3.63) is 29.3 Å². The minimum atomic E-state index is -0.754. The lowest BCUT2D eigenvalue weighted by Gasteiger charge is -2.05. The molecule has 2 aromatic heterocycles. The molecule has 24 heavy (non-hydrogen) atoms. The molecule has 1 fully saturated rings. The predicted molar refractivity (Wildman–Crippen MR) is 86.6 cm³/mol. The lowest BCUT2D eigenvalue weighted by atomic mass is 10.0. The minimum absolute atomic E-state index is 0.154. The van der Waals surface area contributed by atoms with Crippen molar-refractivity contribution in [2.75, 3.05) is 5.32 Å². The van der Waals surface area contributed by atoms with E-state index in [0.717, 1.165) is 24.3 Å². The zero-order valence-corrected chi connectivity index (χ0v) is 13.7. The lowest BCUT2D eigenvalue weighted by Crippen LogP contribution is -2.15. The number of anilines is 1. The highest BCUT2D eigenvalue weighted by atomic mass is 32.1. The van der Waals surface area contributed by atoms with Gasteiger partial charge in [-0.3, -0.25) is 9.59 Å². The Kier molecular flexibility index (Phi) is 5.09. The number of aliphatic carboxylic acids is 1. The minimum Gasteiger partial charge on any atom is -0.481 e. The number of amides is 1. The second kappa shape index (κ2) is 7.43. The van der Waals surface area contributed by atoms with Crippen molar-refractivity contribution < 1.29 is 14.7 Å². The van der Waals surface area contributed by atoms with E-state index in [9.17, 15) is 9.59 Å². The molecule has 0 saturated heterocycles. The molecule has 126 valence electrons. The summed E-state index contributed by atoms with van der Waals surface area (Å²) >= 11 is 1.36. The average molecular weight is 347 g/mol. The third-order valence-electron chi connectivity index (χ3n) is 4.03. The zero-order chi connectivity index (χ0) is 16.9. The van der Waals surface area contributed by atoms with Crippen molar-refractivity contribution in [1.82, 2.24) is 20.2 Å². The highest BCUT2D eigenvalue weighted by molar-refractivity contribution is 7.15. The van der Waals surface area contributed by atoms with Crippen LogP contribution >= 0.6 is 11.3 Å². The number of nitrogens with zero attached hydrogens (tertiary/aromatic N) is 4. The first-order valence-corrected chi connectivity index (χ1v) is 8.51. The van der Waals surface area contributed by atoms with Gasteiger partial charge in [0.2, 0.25) is 11.0 Å². The molecule has 2 N–H and O–H groups in total. The fraction of sp³-hybridized carbons (Fsp3) is 0.467. The Bertz CT molecular complexity index is 721. The summed E-state index contributed by atoms with van der Waals surface area (Å²) in [6.07, 6.45) is 5.98. The van der Waals surface area contributed by atoms with E-state index in [4.69, 9.17) is 5.11 Å². The number of carbonyl (C=O) groups is 2. The smallest absolute Gasteiger partial charge is 0.303 e. The molecule has 8 nitrogen and oxygen atoms in total. The van der Waals surface area contributed by atoms with E-state index in [0.29, 0.717) is 10.8 Å². The van der Waals surface area contributed by atoms with Gasteiger partial charge in [0.15, 0.2) is 0 Å². The molecule has 0 spiro atoms. The molecule has 3 rings (SSSR count). The molecule has 1 saturated carbocycles. The molecule has 2 atom stereocenters. The summed E-state index contributed by atoms with van der Waals surface area (Å²) < 4.78 is 0. The summed E-state index contributed by atoms with van der Waals surface area (Å²) in [5.74, 6) is -0.520. The summed E-state index contributed by atoms with van der Waals surface area (Å²) in [5, 5.41) is 21.1. The van der Waals surface area contributed by atoms with Crippen LogP contribution in [0.5, 0.6) is 0 Å². The number of rotatable bonds is 6. The predicted octanol–water partition coefficient (Wildman–Crippen LogP) is 1.87. The quantitative estimate of drug-likeness (QED) is 0.819. The maximum atomic E-state index is 12.0. The molecule has 1 unspecified atom stereocenters. The number of nitrogens with one attached hydrogen (secondary N) is 1. The van der Waals surface area contributed by atoms with Crippen LogP contribution in [0, 0.1) is 5.92 Å². The average Bonchev–Trinajstić information content (AvgIpc) is 3.17. The Morgan fingerprint density at radius 1 is 1.33 bits per heavy atom. The maximum Gasteiger partial charge on any atom is 0.303 e. The van der Waals surface area contributed by atoms with E-state index < -0.39 is 5.97 Å². The van der Waals surface area contributed by atoms with Crippen LogP contribution in [-0.2, 0) is 16.0 Å². The monoisotopic (exact) mass is 347 g/mol. The van der Waals surface area contributed by atoms with Crippen LogP contribution < -0.4 is 5.32 Å². The number of carboxylic acid groups (broad SMARTS) is 1. The Balaban J connectivity index is 1.54. The SMILES string of the molecule is O=C(O)CC1CC[C@H](c2nnc(NC(=O)Cc3ccncn3)s2)C1. The fourth-order valence-electron chi connectivity index (χ4n) is 2.93. The van der Waals surface area contributed by atoms with Crippen molar-refractivity contribution in [3.63, 3.8) is 0 Å². The van der Waals surface area contributed by atoms with Gasteiger partial charge in [-0.2, -0.15) is 0 Å². The van der Waals surface area contributed by atoms with Gasteiger partial charge in [-0.15, -0.1) is 10.2 Å². The van der Waals surface area contributed by atoms with E-state index in [2.05, 4.69) is 25.5 Å². The molecule has 0 bridgehead atoms. The molecule has 2 heterocycles. The Labute approximate surface area is 142 Å². The normalized spacial score (nSPS) is 20.0. The Morgan fingerprint density at radius 3 is 2.96 bits per heavy atom. The van der Waals surface area contributed by atoms with Crippen molar-refractivity contribution in [2.45, 2.75) is 38.0 Å². The molecular weight excluding hydrogens is 330 g/mol. The summed E-state index contributed by atoms with van der Waals surface area (Å²) in [6, 6.07) is 1.69. The topological polar surface area (TPSA) is 118 Å². The third-order valence-corrected chi connectivity index (χ3v) is 5.03. The number of hydrogen-bond donors (Lipinski definition) is 2. The molecular formula is C15H17N5O3S. The third kappa shape index (κ3) is 4.31. The summed E-state index contributed by atoms with van der Waals surface area (Å²) in [6.45, 7) is 0. The molecule has 0 aromatic carbocycles. The maximum absolute atomic E-state index is 12.0.